The number of hydrogen-bond donors (Lipinski definition) is 1. The first-order valence-electron chi connectivity index (χ1n) is 9.85. The second-order valence-corrected chi connectivity index (χ2v) is 9.68. The van der Waals surface area contributed by atoms with Crippen LogP contribution >= 0.6 is 11.6 Å². The number of rotatable bonds is 9. The van der Waals surface area contributed by atoms with Crippen molar-refractivity contribution in [2.75, 3.05) is 31.3 Å². The molecule has 2 aromatic rings. The molecule has 0 saturated heterocycles. The highest BCUT2D eigenvalue weighted by Gasteiger charge is 2.29. The minimum atomic E-state index is -3.80. The fraction of sp³-hybridized carbons (Fsp3) is 0.364. The monoisotopic (exact) mass is 481 g/mol. The zero-order valence-corrected chi connectivity index (χ0v) is 20.3. The number of aryl methyl sites for hydroxylation is 1. The number of nitrogens with one attached hydrogen (secondary N) is 1. The van der Waals surface area contributed by atoms with Crippen molar-refractivity contribution in [3.8, 4) is 5.75 Å². The Morgan fingerprint density at radius 2 is 1.78 bits per heavy atom. The van der Waals surface area contributed by atoms with Crippen molar-refractivity contribution in [1.82, 2.24) is 10.2 Å². The van der Waals surface area contributed by atoms with Crippen molar-refractivity contribution >= 4 is 39.1 Å². The summed E-state index contributed by atoms with van der Waals surface area (Å²) in [5.41, 5.74) is 1.82. The molecule has 32 heavy (non-hydrogen) atoms. The minimum absolute atomic E-state index is 0.115. The van der Waals surface area contributed by atoms with E-state index in [-0.39, 0.29) is 18.1 Å². The average Bonchev–Trinajstić information content (AvgIpc) is 2.76. The van der Waals surface area contributed by atoms with Crippen LogP contribution in [0.25, 0.3) is 0 Å². The topological polar surface area (TPSA) is 96.0 Å². The molecule has 2 rings (SSSR count). The molecule has 0 spiro atoms. The number of hydrogen-bond acceptors (Lipinski definition) is 5. The average molecular weight is 482 g/mol. The van der Waals surface area contributed by atoms with Crippen molar-refractivity contribution in [1.29, 1.82) is 0 Å². The minimum Gasteiger partial charge on any atom is -0.497 e. The van der Waals surface area contributed by atoms with Crippen molar-refractivity contribution < 1.29 is 22.7 Å². The molecule has 0 radical (unpaired) electrons. The van der Waals surface area contributed by atoms with Gasteiger partial charge >= 0.3 is 0 Å². The number of carbonyl (C=O) groups excluding carboxylic acids is 2. The Labute approximate surface area is 194 Å². The van der Waals surface area contributed by atoms with Gasteiger partial charge in [0.25, 0.3) is 0 Å². The van der Waals surface area contributed by atoms with Gasteiger partial charge in [-0.15, -0.1) is 0 Å². The number of amides is 2. The third kappa shape index (κ3) is 6.37. The summed E-state index contributed by atoms with van der Waals surface area (Å²) < 4.78 is 31.1. The highest BCUT2D eigenvalue weighted by molar-refractivity contribution is 7.92. The molecule has 10 heteroatoms. The number of benzene rings is 2. The SMILES string of the molecule is CNC(=O)[C@@H](C)N(Cc1ccc(OC)cc1)C(=O)CN(c1ccc(C)c(Cl)c1)S(C)(=O)=O. The van der Waals surface area contributed by atoms with Crippen LogP contribution in [0.4, 0.5) is 5.69 Å². The highest BCUT2D eigenvalue weighted by Crippen LogP contribution is 2.25. The zero-order chi connectivity index (χ0) is 24.1. The maximum absolute atomic E-state index is 13.3. The molecule has 0 aliphatic heterocycles. The van der Waals surface area contributed by atoms with Gasteiger partial charge in [0.05, 0.1) is 19.1 Å². The fourth-order valence-electron chi connectivity index (χ4n) is 3.07. The molecule has 0 aliphatic rings. The lowest BCUT2D eigenvalue weighted by molar-refractivity contribution is -0.139. The number of carbonyl (C=O) groups is 2. The van der Waals surface area contributed by atoms with Gasteiger partial charge in [-0.2, -0.15) is 0 Å². The predicted molar refractivity (Wildman–Crippen MR) is 125 cm³/mol. The lowest BCUT2D eigenvalue weighted by Crippen LogP contribution is -2.50. The summed E-state index contributed by atoms with van der Waals surface area (Å²) in [6, 6.07) is 11.0. The smallest absolute Gasteiger partial charge is 0.244 e. The number of nitrogens with zero attached hydrogens (tertiary/aromatic N) is 2. The van der Waals surface area contributed by atoms with Crippen LogP contribution in [0, 0.1) is 6.92 Å². The first-order chi connectivity index (χ1) is 15.0. The molecule has 0 fully saturated rings. The number of halogens is 1. The van der Waals surface area contributed by atoms with Crippen molar-refractivity contribution in [2.45, 2.75) is 26.4 Å². The van der Waals surface area contributed by atoms with Crippen molar-refractivity contribution in [3.05, 3.63) is 58.6 Å². The third-order valence-electron chi connectivity index (χ3n) is 5.05. The molecule has 0 aliphatic carbocycles. The maximum atomic E-state index is 13.3. The summed E-state index contributed by atoms with van der Waals surface area (Å²) in [7, 11) is -0.770. The van der Waals surface area contributed by atoms with Gasteiger partial charge in [0.1, 0.15) is 18.3 Å². The molecule has 174 valence electrons. The molecule has 1 atom stereocenters. The Hall–Kier alpha value is -2.78. The summed E-state index contributed by atoms with van der Waals surface area (Å²) in [4.78, 5) is 26.9. The van der Waals surface area contributed by atoms with E-state index in [1.54, 1.807) is 57.4 Å². The largest absolute Gasteiger partial charge is 0.497 e. The molecule has 8 nitrogen and oxygen atoms in total. The Balaban J connectivity index is 2.38. The highest BCUT2D eigenvalue weighted by atomic mass is 35.5. The third-order valence-corrected chi connectivity index (χ3v) is 6.60. The lowest BCUT2D eigenvalue weighted by Gasteiger charge is -2.31. The van der Waals surface area contributed by atoms with Gasteiger partial charge in [-0.3, -0.25) is 13.9 Å². The van der Waals surface area contributed by atoms with Crippen LogP contribution in [0.3, 0.4) is 0 Å². The Bertz CT molecular complexity index is 1070. The Kier molecular flexibility index (Phi) is 8.51. The van der Waals surface area contributed by atoms with Gasteiger partial charge < -0.3 is 15.0 Å². The molecular formula is C22H28ClN3O5S. The molecule has 2 aromatic carbocycles. The van der Waals surface area contributed by atoms with E-state index >= 15 is 0 Å². The quantitative estimate of drug-likeness (QED) is 0.594. The van der Waals surface area contributed by atoms with Crippen LogP contribution in [0.1, 0.15) is 18.1 Å². The molecule has 0 unspecified atom stereocenters. The van der Waals surface area contributed by atoms with Crippen LogP contribution < -0.4 is 14.4 Å². The summed E-state index contributed by atoms with van der Waals surface area (Å²) in [5, 5.41) is 2.92. The second-order valence-electron chi connectivity index (χ2n) is 7.36. The molecule has 2 amide bonds. The molecule has 1 N–H and O–H groups in total. The summed E-state index contributed by atoms with van der Waals surface area (Å²) in [6.45, 7) is 3.02. The predicted octanol–water partition coefficient (Wildman–Crippen LogP) is 2.59. The van der Waals surface area contributed by atoms with E-state index in [0.29, 0.717) is 10.8 Å². The van der Waals surface area contributed by atoms with E-state index in [4.69, 9.17) is 16.3 Å². The molecule has 0 aromatic heterocycles. The van der Waals surface area contributed by atoms with Crippen LogP contribution in [0.5, 0.6) is 5.75 Å². The number of ether oxygens (including phenoxy) is 1. The van der Waals surface area contributed by atoms with E-state index in [0.717, 1.165) is 21.7 Å². The molecule has 0 saturated carbocycles. The van der Waals surface area contributed by atoms with Crippen LogP contribution in [-0.4, -0.2) is 58.1 Å². The lowest BCUT2D eigenvalue weighted by atomic mass is 10.1. The Morgan fingerprint density at radius 3 is 2.28 bits per heavy atom. The van der Waals surface area contributed by atoms with Gasteiger partial charge in [-0.05, 0) is 49.2 Å². The second kappa shape index (κ2) is 10.7. The van der Waals surface area contributed by atoms with E-state index in [2.05, 4.69) is 5.32 Å². The number of anilines is 1. The molecule has 0 bridgehead atoms. The van der Waals surface area contributed by atoms with Gasteiger partial charge in [0, 0.05) is 18.6 Å². The normalized spacial score (nSPS) is 12.1. The summed E-state index contributed by atoms with van der Waals surface area (Å²) in [6.07, 6.45) is 1.02. The summed E-state index contributed by atoms with van der Waals surface area (Å²) in [5.74, 6) is -0.235. The maximum Gasteiger partial charge on any atom is 0.244 e. The fourth-order valence-corrected chi connectivity index (χ4v) is 4.09. The standard InChI is InChI=1S/C22H28ClN3O5S/c1-15-6-9-18(12-20(15)23)26(32(5,29)30)14-21(27)25(16(2)22(28)24-3)13-17-7-10-19(31-4)11-8-17/h6-12,16H,13-14H2,1-5H3,(H,24,28)/t16-/m1/s1. The number of methoxy groups -OCH3 is 1. The van der Waals surface area contributed by atoms with Gasteiger partial charge in [-0.25, -0.2) is 8.42 Å². The van der Waals surface area contributed by atoms with Gasteiger partial charge in [0.2, 0.25) is 21.8 Å². The van der Waals surface area contributed by atoms with Crippen LogP contribution in [-0.2, 0) is 26.2 Å². The van der Waals surface area contributed by atoms with E-state index in [9.17, 15) is 18.0 Å². The summed E-state index contributed by atoms with van der Waals surface area (Å²) >= 11 is 6.17. The van der Waals surface area contributed by atoms with Crippen molar-refractivity contribution in [3.63, 3.8) is 0 Å². The van der Waals surface area contributed by atoms with E-state index < -0.39 is 28.5 Å². The number of likely N-dealkylation sites (N-methyl/N-ethyl adjacent to an activating group) is 1. The van der Waals surface area contributed by atoms with Gasteiger partial charge in [-0.1, -0.05) is 29.8 Å². The zero-order valence-electron chi connectivity index (χ0n) is 18.8. The van der Waals surface area contributed by atoms with Crippen LogP contribution in [0.2, 0.25) is 5.02 Å². The van der Waals surface area contributed by atoms with Gasteiger partial charge in [0.15, 0.2) is 0 Å². The van der Waals surface area contributed by atoms with Crippen LogP contribution in [0.15, 0.2) is 42.5 Å². The molecular weight excluding hydrogens is 454 g/mol. The number of sulfonamides is 1. The van der Waals surface area contributed by atoms with E-state index in [1.807, 2.05) is 0 Å². The Morgan fingerprint density at radius 1 is 1.16 bits per heavy atom. The molecule has 0 heterocycles. The van der Waals surface area contributed by atoms with E-state index in [1.165, 1.54) is 18.0 Å². The first kappa shape index (κ1) is 25.5. The van der Waals surface area contributed by atoms with Crippen molar-refractivity contribution in [2.24, 2.45) is 0 Å². The first-order valence-corrected chi connectivity index (χ1v) is 12.1.